The molecule has 1 fully saturated rings. The van der Waals surface area contributed by atoms with Crippen LogP contribution in [0.2, 0.25) is 0 Å². The second-order valence-corrected chi connectivity index (χ2v) is 4.24. The first kappa shape index (κ1) is 9.75. The molecule has 1 aliphatic rings. The first-order chi connectivity index (χ1) is 5.56. The van der Waals surface area contributed by atoms with Crippen molar-refractivity contribution in [1.82, 2.24) is 0 Å². The Hall–Kier alpha value is -0.340. The van der Waals surface area contributed by atoms with Gasteiger partial charge in [-0.2, -0.15) is 0 Å². The van der Waals surface area contributed by atoms with Gasteiger partial charge in [0, 0.05) is 0 Å². The van der Waals surface area contributed by atoms with Gasteiger partial charge in [-0.25, -0.2) is 4.89 Å². The van der Waals surface area contributed by atoms with Crippen molar-refractivity contribution in [3.8, 4) is 0 Å². The summed E-state index contributed by atoms with van der Waals surface area (Å²) >= 11 is 0. The van der Waals surface area contributed by atoms with Crippen molar-refractivity contribution in [3.05, 3.63) is 12.2 Å². The molecule has 1 rings (SSSR count). The van der Waals surface area contributed by atoms with E-state index in [4.69, 9.17) is 5.26 Å². The van der Waals surface area contributed by atoms with Crippen LogP contribution in [0.3, 0.4) is 0 Å². The molecule has 0 heterocycles. The molecule has 1 atom stereocenters. The Bertz CT molecular complexity index is 173. The van der Waals surface area contributed by atoms with Crippen LogP contribution in [0.1, 0.15) is 39.5 Å². The van der Waals surface area contributed by atoms with E-state index >= 15 is 0 Å². The molecule has 0 bridgehead atoms. The first-order valence-electron chi connectivity index (χ1n) is 4.55. The maximum absolute atomic E-state index is 8.70. The van der Waals surface area contributed by atoms with Gasteiger partial charge in [-0.05, 0) is 45.4 Å². The fourth-order valence-corrected chi connectivity index (χ4v) is 1.82. The molecule has 2 heteroatoms. The van der Waals surface area contributed by atoms with E-state index in [0.29, 0.717) is 5.92 Å². The van der Waals surface area contributed by atoms with Gasteiger partial charge in [0.15, 0.2) is 0 Å². The second kappa shape index (κ2) is 3.58. The normalized spacial score (nSPS) is 25.9. The Morgan fingerprint density at radius 1 is 1.58 bits per heavy atom. The number of allylic oxidation sites excluding steroid dienone is 1. The number of rotatable bonds is 2. The molecule has 12 heavy (non-hydrogen) atoms. The summed E-state index contributed by atoms with van der Waals surface area (Å²) in [6, 6.07) is 0. The number of hydrogen-bond acceptors (Lipinski definition) is 2. The van der Waals surface area contributed by atoms with Gasteiger partial charge in [0.05, 0.1) is 0 Å². The average Bonchev–Trinajstić information content (AvgIpc) is 2.05. The summed E-state index contributed by atoms with van der Waals surface area (Å²) in [5, 5.41) is 8.70. The molecule has 70 valence electrons. The Balaban J connectivity index is 2.56. The van der Waals surface area contributed by atoms with E-state index in [1.807, 2.05) is 13.8 Å². The molecule has 0 aliphatic heterocycles. The molecule has 0 aromatic carbocycles. The van der Waals surface area contributed by atoms with E-state index in [9.17, 15) is 0 Å². The molecule has 1 aliphatic carbocycles. The monoisotopic (exact) mass is 170 g/mol. The summed E-state index contributed by atoms with van der Waals surface area (Å²) in [5.74, 6) is 0.420. The van der Waals surface area contributed by atoms with Gasteiger partial charge in [-0.1, -0.05) is 12.2 Å². The fourth-order valence-electron chi connectivity index (χ4n) is 1.82. The molecular weight excluding hydrogens is 152 g/mol. The van der Waals surface area contributed by atoms with Crippen LogP contribution in [-0.4, -0.2) is 10.9 Å². The van der Waals surface area contributed by atoms with Gasteiger partial charge in [0.2, 0.25) is 0 Å². The summed E-state index contributed by atoms with van der Waals surface area (Å²) < 4.78 is 0. The average molecular weight is 170 g/mol. The molecule has 0 spiro atoms. The standard InChI is InChI=1S/C10H18O2/c1-8-5-4-6-9(7-8)10(2,3)12-11/h9,11H,1,4-7H2,2-3H3. The summed E-state index contributed by atoms with van der Waals surface area (Å²) in [4.78, 5) is 4.48. The lowest BCUT2D eigenvalue weighted by Crippen LogP contribution is -2.35. The van der Waals surface area contributed by atoms with E-state index < -0.39 is 5.60 Å². The van der Waals surface area contributed by atoms with Crippen LogP contribution in [0.5, 0.6) is 0 Å². The topological polar surface area (TPSA) is 29.5 Å². The summed E-state index contributed by atoms with van der Waals surface area (Å²) in [5.41, 5.74) is 0.875. The molecule has 0 aromatic heterocycles. The van der Waals surface area contributed by atoms with Gasteiger partial charge >= 0.3 is 0 Å². The van der Waals surface area contributed by atoms with Crippen molar-refractivity contribution >= 4 is 0 Å². The highest BCUT2D eigenvalue weighted by Crippen LogP contribution is 2.36. The first-order valence-corrected chi connectivity index (χ1v) is 4.55. The van der Waals surface area contributed by atoms with E-state index in [0.717, 1.165) is 19.3 Å². The van der Waals surface area contributed by atoms with Gasteiger partial charge in [-0.3, -0.25) is 5.26 Å². The molecular formula is C10H18O2. The van der Waals surface area contributed by atoms with Gasteiger partial charge in [-0.15, -0.1) is 0 Å². The minimum absolute atomic E-state index is 0.413. The number of hydrogen-bond donors (Lipinski definition) is 1. The highest BCUT2D eigenvalue weighted by Gasteiger charge is 2.32. The maximum atomic E-state index is 8.70. The van der Waals surface area contributed by atoms with Crippen LogP contribution >= 0.6 is 0 Å². The minimum atomic E-state index is -0.413. The van der Waals surface area contributed by atoms with E-state index in [-0.39, 0.29) is 0 Å². The largest absolute Gasteiger partial charge is 0.251 e. The van der Waals surface area contributed by atoms with Crippen LogP contribution in [0, 0.1) is 5.92 Å². The Morgan fingerprint density at radius 2 is 2.25 bits per heavy atom. The zero-order valence-electron chi connectivity index (χ0n) is 7.97. The SMILES string of the molecule is C=C1CCCC(C(C)(C)OO)C1. The zero-order valence-corrected chi connectivity index (χ0v) is 7.97. The maximum Gasteiger partial charge on any atom is 0.101 e. The summed E-state index contributed by atoms with van der Waals surface area (Å²) in [6.45, 7) is 7.83. The third kappa shape index (κ3) is 2.08. The van der Waals surface area contributed by atoms with E-state index in [1.165, 1.54) is 12.0 Å². The van der Waals surface area contributed by atoms with Gasteiger partial charge in [0.25, 0.3) is 0 Å². The third-order valence-electron chi connectivity index (χ3n) is 2.84. The molecule has 1 saturated carbocycles. The molecule has 0 radical (unpaired) electrons. The van der Waals surface area contributed by atoms with Crippen LogP contribution in [0.15, 0.2) is 12.2 Å². The fraction of sp³-hybridized carbons (Fsp3) is 0.800. The van der Waals surface area contributed by atoms with Crippen LogP contribution in [-0.2, 0) is 4.89 Å². The zero-order chi connectivity index (χ0) is 9.19. The summed E-state index contributed by atoms with van der Waals surface area (Å²) in [6.07, 6.45) is 4.44. The van der Waals surface area contributed by atoms with Crippen molar-refractivity contribution in [2.75, 3.05) is 0 Å². The lowest BCUT2D eigenvalue weighted by Gasteiger charge is -2.34. The molecule has 0 aromatic rings. The molecule has 0 saturated heterocycles. The predicted octanol–water partition coefficient (Wildman–Crippen LogP) is 3.00. The van der Waals surface area contributed by atoms with E-state index in [1.54, 1.807) is 0 Å². The third-order valence-corrected chi connectivity index (χ3v) is 2.84. The van der Waals surface area contributed by atoms with Crippen molar-refractivity contribution < 1.29 is 10.1 Å². The molecule has 0 amide bonds. The predicted molar refractivity (Wildman–Crippen MR) is 48.9 cm³/mol. The van der Waals surface area contributed by atoms with Gasteiger partial charge < -0.3 is 0 Å². The summed E-state index contributed by atoms with van der Waals surface area (Å²) in [7, 11) is 0. The van der Waals surface area contributed by atoms with Crippen molar-refractivity contribution in [2.24, 2.45) is 5.92 Å². The Morgan fingerprint density at radius 3 is 2.75 bits per heavy atom. The van der Waals surface area contributed by atoms with Crippen molar-refractivity contribution in [1.29, 1.82) is 0 Å². The van der Waals surface area contributed by atoms with Crippen LogP contribution < -0.4 is 0 Å². The van der Waals surface area contributed by atoms with E-state index in [2.05, 4.69) is 11.5 Å². The quantitative estimate of drug-likeness (QED) is 0.392. The Labute approximate surface area is 74.2 Å². The molecule has 1 unspecified atom stereocenters. The lowest BCUT2D eigenvalue weighted by atomic mass is 9.77. The molecule has 2 nitrogen and oxygen atoms in total. The lowest BCUT2D eigenvalue weighted by molar-refractivity contribution is -0.327. The van der Waals surface area contributed by atoms with Gasteiger partial charge in [0.1, 0.15) is 5.60 Å². The highest BCUT2D eigenvalue weighted by atomic mass is 17.1. The Kier molecular flexibility index (Phi) is 2.91. The second-order valence-electron chi connectivity index (χ2n) is 4.24. The highest BCUT2D eigenvalue weighted by molar-refractivity contribution is 5.02. The minimum Gasteiger partial charge on any atom is -0.251 e. The molecule has 1 N–H and O–H groups in total. The van der Waals surface area contributed by atoms with Crippen LogP contribution in [0.4, 0.5) is 0 Å². The van der Waals surface area contributed by atoms with Crippen LogP contribution in [0.25, 0.3) is 0 Å². The van der Waals surface area contributed by atoms with Crippen molar-refractivity contribution in [2.45, 2.75) is 45.1 Å². The smallest absolute Gasteiger partial charge is 0.101 e. The van der Waals surface area contributed by atoms with Crippen molar-refractivity contribution in [3.63, 3.8) is 0 Å².